The molecule has 0 unspecified atom stereocenters. The molecule has 0 bridgehead atoms. The molecule has 3 rings (SSSR count). The summed E-state index contributed by atoms with van der Waals surface area (Å²) in [6.07, 6.45) is 2.27. The third-order valence-electron chi connectivity index (χ3n) is 4.39. The van der Waals surface area contributed by atoms with Crippen molar-refractivity contribution in [3.8, 4) is 5.88 Å². The zero-order valence-corrected chi connectivity index (χ0v) is 14.8. The number of amides is 1. The molecule has 3 heterocycles. The quantitative estimate of drug-likeness (QED) is 0.798. The Hall–Kier alpha value is -2.41. The molecule has 25 heavy (non-hydrogen) atoms. The van der Waals surface area contributed by atoms with Gasteiger partial charge in [-0.3, -0.25) is 4.79 Å². The van der Waals surface area contributed by atoms with E-state index in [-0.39, 0.29) is 17.9 Å². The highest BCUT2D eigenvalue weighted by Gasteiger charge is 2.37. The van der Waals surface area contributed by atoms with E-state index in [1.54, 1.807) is 30.3 Å². The number of likely N-dealkylation sites (tertiary alicyclic amines) is 1. The zero-order valence-electron chi connectivity index (χ0n) is 14.8. The van der Waals surface area contributed by atoms with Crippen LogP contribution in [-0.4, -0.2) is 53.9 Å². The van der Waals surface area contributed by atoms with Crippen LogP contribution in [0.2, 0.25) is 0 Å². The van der Waals surface area contributed by atoms with Crippen LogP contribution < -0.4 is 4.74 Å². The first-order valence-electron chi connectivity index (χ1n) is 8.44. The fraction of sp³-hybridized carbons (Fsp3) is 0.500. The number of rotatable bonds is 6. The number of pyridine rings is 1. The van der Waals surface area contributed by atoms with Gasteiger partial charge >= 0.3 is 0 Å². The fourth-order valence-electron chi connectivity index (χ4n) is 3.22. The first kappa shape index (κ1) is 17.4. The van der Waals surface area contributed by atoms with Crippen molar-refractivity contribution in [2.75, 3.05) is 26.8 Å². The highest BCUT2D eigenvalue weighted by atomic mass is 16.5. The van der Waals surface area contributed by atoms with Gasteiger partial charge in [-0.2, -0.15) is 0 Å². The van der Waals surface area contributed by atoms with Crippen LogP contribution in [0.5, 0.6) is 5.88 Å². The van der Waals surface area contributed by atoms with Crippen LogP contribution in [0.25, 0.3) is 0 Å². The Labute approximate surface area is 146 Å². The molecule has 1 saturated heterocycles. The Morgan fingerprint density at radius 3 is 2.96 bits per heavy atom. The maximum Gasteiger partial charge on any atom is 0.259 e. The van der Waals surface area contributed by atoms with Gasteiger partial charge in [0.2, 0.25) is 5.88 Å². The number of carbonyl (C=O) groups is 1. The Bertz CT molecular complexity index is 731. The molecule has 7 nitrogen and oxygen atoms in total. The molecular weight excluding hydrogens is 322 g/mol. The van der Waals surface area contributed by atoms with E-state index in [2.05, 4.69) is 10.1 Å². The number of aryl methyl sites for hydroxylation is 1. The van der Waals surface area contributed by atoms with Crippen molar-refractivity contribution >= 4 is 5.91 Å². The van der Waals surface area contributed by atoms with Gasteiger partial charge < -0.3 is 18.9 Å². The molecular formula is C18H23N3O4. The molecule has 1 amide bonds. The van der Waals surface area contributed by atoms with Crippen molar-refractivity contribution in [3.63, 3.8) is 0 Å². The van der Waals surface area contributed by atoms with Gasteiger partial charge in [0, 0.05) is 44.8 Å². The summed E-state index contributed by atoms with van der Waals surface area (Å²) < 4.78 is 16.4. The summed E-state index contributed by atoms with van der Waals surface area (Å²) in [6.45, 7) is 5.36. The Morgan fingerprint density at radius 1 is 1.44 bits per heavy atom. The summed E-state index contributed by atoms with van der Waals surface area (Å²) in [5.74, 6) is 1.26. The van der Waals surface area contributed by atoms with Gasteiger partial charge in [0.1, 0.15) is 11.3 Å². The van der Waals surface area contributed by atoms with Crippen molar-refractivity contribution in [2.45, 2.75) is 26.4 Å². The normalized spacial score (nSPS) is 20.0. The van der Waals surface area contributed by atoms with Gasteiger partial charge in [-0.05, 0) is 26.0 Å². The molecule has 7 heteroatoms. The largest absolute Gasteiger partial charge is 0.477 e. The van der Waals surface area contributed by atoms with Crippen molar-refractivity contribution < 1.29 is 18.8 Å². The number of aromatic nitrogens is 2. The van der Waals surface area contributed by atoms with Crippen LogP contribution in [0.15, 0.2) is 28.9 Å². The van der Waals surface area contributed by atoms with E-state index in [0.29, 0.717) is 37.6 Å². The first-order valence-corrected chi connectivity index (χ1v) is 8.44. The predicted molar refractivity (Wildman–Crippen MR) is 90.5 cm³/mol. The second-order valence-corrected chi connectivity index (χ2v) is 6.17. The van der Waals surface area contributed by atoms with E-state index in [1.165, 1.54) is 0 Å². The van der Waals surface area contributed by atoms with Gasteiger partial charge in [-0.1, -0.05) is 5.16 Å². The summed E-state index contributed by atoms with van der Waals surface area (Å²) in [4.78, 5) is 18.9. The number of hydrogen-bond acceptors (Lipinski definition) is 6. The minimum absolute atomic E-state index is 0.0402. The SMILES string of the molecule is CCOc1ncccc1C(=O)N1C[C@@H](Cc2cc(C)no2)[C@@H](OC)C1. The average Bonchev–Trinajstić information content (AvgIpc) is 3.21. The monoisotopic (exact) mass is 345 g/mol. The van der Waals surface area contributed by atoms with Crippen molar-refractivity contribution in [2.24, 2.45) is 5.92 Å². The molecule has 1 aliphatic rings. The van der Waals surface area contributed by atoms with E-state index in [1.807, 2.05) is 19.9 Å². The Morgan fingerprint density at radius 2 is 2.28 bits per heavy atom. The number of carbonyl (C=O) groups excluding carboxylic acids is 1. The maximum atomic E-state index is 12.9. The van der Waals surface area contributed by atoms with E-state index in [0.717, 1.165) is 11.5 Å². The topological polar surface area (TPSA) is 77.7 Å². The highest BCUT2D eigenvalue weighted by molar-refractivity contribution is 5.96. The first-order chi connectivity index (χ1) is 12.1. The lowest BCUT2D eigenvalue weighted by Crippen LogP contribution is -2.30. The number of nitrogens with zero attached hydrogens (tertiary/aromatic N) is 3. The van der Waals surface area contributed by atoms with Crippen LogP contribution in [0, 0.1) is 12.8 Å². The molecule has 0 aliphatic carbocycles. The maximum absolute atomic E-state index is 12.9. The lowest BCUT2D eigenvalue weighted by atomic mass is 10.0. The summed E-state index contributed by atoms with van der Waals surface area (Å²) in [7, 11) is 1.67. The van der Waals surface area contributed by atoms with Crippen molar-refractivity contribution in [1.82, 2.24) is 15.0 Å². The number of hydrogen-bond donors (Lipinski definition) is 0. The smallest absolute Gasteiger partial charge is 0.259 e. The zero-order chi connectivity index (χ0) is 17.8. The van der Waals surface area contributed by atoms with Crippen LogP contribution in [0.1, 0.15) is 28.7 Å². The predicted octanol–water partition coefficient (Wildman–Crippen LogP) is 2.11. The molecule has 0 aromatic carbocycles. The molecule has 0 N–H and O–H groups in total. The summed E-state index contributed by atoms with van der Waals surface area (Å²) >= 11 is 0. The summed E-state index contributed by atoms with van der Waals surface area (Å²) in [6, 6.07) is 5.41. The molecule has 2 aromatic heterocycles. The van der Waals surface area contributed by atoms with Crippen LogP contribution in [0.3, 0.4) is 0 Å². The molecule has 0 radical (unpaired) electrons. The van der Waals surface area contributed by atoms with E-state index >= 15 is 0 Å². The second-order valence-electron chi connectivity index (χ2n) is 6.17. The molecule has 0 saturated carbocycles. The lowest BCUT2D eigenvalue weighted by Gasteiger charge is -2.17. The lowest BCUT2D eigenvalue weighted by molar-refractivity contribution is 0.0669. The van der Waals surface area contributed by atoms with Crippen molar-refractivity contribution in [1.29, 1.82) is 0 Å². The molecule has 2 aromatic rings. The van der Waals surface area contributed by atoms with E-state index in [4.69, 9.17) is 14.0 Å². The van der Waals surface area contributed by atoms with Crippen LogP contribution in [0.4, 0.5) is 0 Å². The third-order valence-corrected chi connectivity index (χ3v) is 4.39. The van der Waals surface area contributed by atoms with E-state index < -0.39 is 0 Å². The Balaban J connectivity index is 1.74. The number of ether oxygens (including phenoxy) is 2. The minimum Gasteiger partial charge on any atom is -0.477 e. The number of methoxy groups -OCH3 is 1. The fourth-order valence-corrected chi connectivity index (χ4v) is 3.22. The summed E-state index contributed by atoms with van der Waals surface area (Å²) in [5.41, 5.74) is 1.34. The van der Waals surface area contributed by atoms with Gasteiger partial charge in [0.05, 0.1) is 18.4 Å². The van der Waals surface area contributed by atoms with Crippen LogP contribution >= 0.6 is 0 Å². The molecule has 1 fully saturated rings. The molecule has 134 valence electrons. The van der Waals surface area contributed by atoms with Crippen molar-refractivity contribution in [3.05, 3.63) is 41.4 Å². The minimum atomic E-state index is -0.0881. The van der Waals surface area contributed by atoms with Gasteiger partial charge in [0.15, 0.2) is 0 Å². The molecule has 1 aliphatic heterocycles. The van der Waals surface area contributed by atoms with Crippen LogP contribution in [-0.2, 0) is 11.2 Å². The highest BCUT2D eigenvalue weighted by Crippen LogP contribution is 2.27. The Kier molecular flexibility index (Phi) is 5.33. The molecule has 0 spiro atoms. The summed E-state index contributed by atoms with van der Waals surface area (Å²) in [5, 5.41) is 3.92. The standard InChI is InChI=1S/C18H23N3O4/c1-4-24-17-15(6-5-7-19-17)18(22)21-10-13(16(11-21)23-3)9-14-8-12(2)20-25-14/h5-8,13,16H,4,9-11H2,1-3H3/t13-,16+/m1/s1. The van der Waals surface area contributed by atoms with E-state index in [9.17, 15) is 4.79 Å². The van der Waals surface area contributed by atoms with Gasteiger partial charge in [-0.15, -0.1) is 0 Å². The van der Waals surface area contributed by atoms with Gasteiger partial charge in [0.25, 0.3) is 5.91 Å². The second kappa shape index (κ2) is 7.65. The molecule has 2 atom stereocenters. The third kappa shape index (κ3) is 3.82. The van der Waals surface area contributed by atoms with Gasteiger partial charge in [-0.25, -0.2) is 4.98 Å². The average molecular weight is 345 g/mol.